The minimum atomic E-state index is 0.190. The summed E-state index contributed by atoms with van der Waals surface area (Å²) in [6.07, 6.45) is 0. The van der Waals surface area contributed by atoms with Crippen LogP contribution in [-0.4, -0.2) is 15.3 Å². The normalized spacial score (nSPS) is 10.6. The fraction of sp³-hybridized carbons (Fsp3) is 0.0526. The van der Waals surface area contributed by atoms with Gasteiger partial charge < -0.3 is 15.3 Å². The van der Waals surface area contributed by atoms with Crippen LogP contribution in [0.2, 0.25) is 0 Å². The van der Waals surface area contributed by atoms with E-state index in [0.717, 1.165) is 27.8 Å². The Kier molecular flexibility index (Phi) is 3.47. The summed E-state index contributed by atoms with van der Waals surface area (Å²) in [5, 5.41) is 29.1. The first-order valence-electron chi connectivity index (χ1n) is 6.97. The van der Waals surface area contributed by atoms with Crippen LogP contribution in [0.1, 0.15) is 5.56 Å². The van der Waals surface area contributed by atoms with Crippen LogP contribution in [0.5, 0.6) is 17.2 Å². The molecule has 3 nitrogen and oxygen atoms in total. The van der Waals surface area contributed by atoms with Gasteiger partial charge in [0.1, 0.15) is 17.2 Å². The summed E-state index contributed by atoms with van der Waals surface area (Å²) in [5.41, 5.74) is 4.48. The summed E-state index contributed by atoms with van der Waals surface area (Å²) in [7, 11) is 0. The van der Waals surface area contributed by atoms with Gasteiger partial charge in [-0.15, -0.1) is 0 Å². The van der Waals surface area contributed by atoms with Crippen LogP contribution in [0.25, 0.3) is 22.3 Å². The van der Waals surface area contributed by atoms with E-state index < -0.39 is 0 Å². The highest BCUT2D eigenvalue weighted by Gasteiger charge is 2.13. The monoisotopic (exact) mass is 292 g/mol. The van der Waals surface area contributed by atoms with Crippen molar-refractivity contribution in [2.24, 2.45) is 0 Å². The molecule has 110 valence electrons. The molecule has 0 amide bonds. The quantitative estimate of drug-likeness (QED) is 0.654. The number of rotatable bonds is 2. The van der Waals surface area contributed by atoms with Crippen molar-refractivity contribution < 1.29 is 15.3 Å². The Hall–Kier alpha value is -2.94. The maximum Gasteiger partial charge on any atom is 0.123 e. The average molecular weight is 292 g/mol. The molecular formula is C19H16O3. The van der Waals surface area contributed by atoms with Gasteiger partial charge in [0.25, 0.3) is 0 Å². The number of hydrogen-bond donors (Lipinski definition) is 3. The largest absolute Gasteiger partial charge is 0.508 e. The van der Waals surface area contributed by atoms with Crippen molar-refractivity contribution in [3.05, 3.63) is 66.2 Å². The predicted molar refractivity (Wildman–Crippen MR) is 87.0 cm³/mol. The van der Waals surface area contributed by atoms with Gasteiger partial charge in [-0.25, -0.2) is 0 Å². The minimum Gasteiger partial charge on any atom is -0.508 e. The Morgan fingerprint density at radius 2 is 1.09 bits per heavy atom. The third kappa shape index (κ3) is 2.49. The number of hydrogen-bond acceptors (Lipinski definition) is 3. The Bertz CT molecular complexity index is 803. The molecule has 0 atom stereocenters. The summed E-state index contributed by atoms with van der Waals surface area (Å²) in [6, 6.07) is 17.2. The Labute approximate surface area is 128 Å². The fourth-order valence-corrected chi connectivity index (χ4v) is 2.64. The molecule has 0 spiro atoms. The van der Waals surface area contributed by atoms with Crippen LogP contribution in [0.15, 0.2) is 60.7 Å². The zero-order valence-electron chi connectivity index (χ0n) is 12.1. The molecule has 0 aromatic heterocycles. The third-order valence-corrected chi connectivity index (χ3v) is 3.78. The van der Waals surface area contributed by atoms with Crippen molar-refractivity contribution in [3.8, 4) is 39.5 Å². The second-order valence-corrected chi connectivity index (χ2v) is 5.23. The second-order valence-electron chi connectivity index (χ2n) is 5.23. The van der Waals surface area contributed by atoms with Gasteiger partial charge in [0, 0.05) is 5.56 Å². The van der Waals surface area contributed by atoms with Crippen LogP contribution in [0.4, 0.5) is 0 Å². The molecule has 0 aliphatic carbocycles. The number of aromatic hydroxyl groups is 3. The molecule has 0 aliphatic rings. The molecule has 3 aromatic rings. The third-order valence-electron chi connectivity index (χ3n) is 3.78. The molecule has 3 rings (SSSR count). The molecule has 22 heavy (non-hydrogen) atoms. The van der Waals surface area contributed by atoms with Crippen molar-refractivity contribution in [2.75, 3.05) is 0 Å². The van der Waals surface area contributed by atoms with Gasteiger partial charge in [-0.05, 0) is 59.5 Å². The summed E-state index contributed by atoms with van der Waals surface area (Å²) in [5.74, 6) is 0.611. The van der Waals surface area contributed by atoms with E-state index in [1.165, 1.54) is 0 Å². The van der Waals surface area contributed by atoms with Gasteiger partial charge in [-0.1, -0.05) is 30.3 Å². The van der Waals surface area contributed by atoms with Gasteiger partial charge in [0.05, 0.1) is 0 Å². The van der Waals surface area contributed by atoms with Crippen LogP contribution in [0, 0.1) is 6.92 Å². The van der Waals surface area contributed by atoms with E-state index in [0.29, 0.717) is 0 Å². The van der Waals surface area contributed by atoms with Crippen LogP contribution in [-0.2, 0) is 0 Å². The average Bonchev–Trinajstić information content (AvgIpc) is 2.51. The first-order valence-corrected chi connectivity index (χ1v) is 6.97. The van der Waals surface area contributed by atoms with E-state index in [4.69, 9.17) is 0 Å². The maximum atomic E-state index is 10.2. The van der Waals surface area contributed by atoms with Crippen molar-refractivity contribution >= 4 is 0 Å². The molecule has 0 radical (unpaired) electrons. The van der Waals surface area contributed by atoms with Gasteiger partial charge in [0.2, 0.25) is 0 Å². The highest BCUT2D eigenvalue weighted by atomic mass is 16.3. The van der Waals surface area contributed by atoms with Gasteiger partial charge in [-0.3, -0.25) is 0 Å². The Balaban J connectivity index is 2.17. The zero-order valence-corrected chi connectivity index (χ0v) is 12.1. The molecule has 0 saturated heterocycles. The van der Waals surface area contributed by atoms with Crippen LogP contribution >= 0.6 is 0 Å². The van der Waals surface area contributed by atoms with E-state index in [2.05, 4.69) is 0 Å². The SMILES string of the molecule is Cc1c(-c2ccc(O)cc2)ccc(O)c1-c1ccc(O)cc1. The Morgan fingerprint density at radius 3 is 1.64 bits per heavy atom. The van der Waals surface area contributed by atoms with Crippen LogP contribution < -0.4 is 0 Å². The number of phenolic OH excluding ortho intramolecular Hbond substituents is 3. The molecule has 0 bridgehead atoms. The lowest BCUT2D eigenvalue weighted by atomic mass is 9.92. The summed E-state index contributed by atoms with van der Waals surface area (Å²) < 4.78 is 0. The lowest BCUT2D eigenvalue weighted by molar-refractivity contribution is 0.474. The van der Waals surface area contributed by atoms with Crippen molar-refractivity contribution in [2.45, 2.75) is 6.92 Å². The molecule has 3 heteroatoms. The zero-order chi connectivity index (χ0) is 15.7. The molecule has 0 heterocycles. The minimum absolute atomic E-state index is 0.190. The lowest BCUT2D eigenvalue weighted by Crippen LogP contribution is -1.89. The van der Waals surface area contributed by atoms with E-state index >= 15 is 0 Å². The topological polar surface area (TPSA) is 60.7 Å². The molecule has 0 saturated carbocycles. The first-order chi connectivity index (χ1) is 10.6. The standard InChI is InChI=1S/C19H16O3/c1-12-17(13-2-6-15(20)7-3-13)10-11-18(22)19(12)14-4-8-16(21)9-5-14/h2-11,20-22H,1H3. The first kappa shape index (κ1) is 14.0. The van der Waals surface area contributed by atoms with Gasteiger partial charge in [0.15, 0.2) is 0 Å². The van der Waals surface area contributed by atoms with E-state index in [9.17, 15) is 15.3 Å². The molecule has 3 aromatic carbocycles. The second kappa shape index (κ2) is 5.45. The number of benzene rings is 3. The molecule has 0 unspecified atom stereocenters. The molecular weight excluding hydrogens is 276 g/mol. The molecule has 3 N–H and O–H groups in total. The molecule has 0 fully saturated rings. The smallest absolute Gasteiger partial charge is 0.123 e. The van der Waals surface area contributed by atoms with E-state index in [-0.39, 0.29) is 17.2 Å². The maximum absolute atomic E-state index is 10.2. The van der Waals surface area contributed by atoms with Gasteiger partial charge in [-0.2, -0.15) is 0 Å². The highest BCUT2D eigenvalue weighted by molar-refractivity contribution is 5.82. The van der Waals surface area contributed by atoms with E-state index in [1.807, 2.05) is 25.1 Å². The number of phenols is 3. The Morgan fingerprint density at radius 1 is 0.591 bits per heavy atom. The predicted octanol–water partition coefficient (Wildman–Crippen LogP) is 4.45. The van der Waals surface area contributed by atoms with E-state index in [1.54, 1.807) is 42.5 Å². The van der Waals surface area contributed by atoms with Gasteiger partial charge >= 0.3 is 0 Å². The highest BCUT2D eigenvalue weighted by Crippen LogP contribution is 2.38. The molecule has 0 aliphatic heterocycles. The summed E-state index contributed by atoms with van der Waals surface area (Å²) in [4.78, 5) is 0. The summed E-state index contributed by atoms with van der Waals surface area (Å²) >= 11 is 0. The lowest BCUT2D eigenvalue weighted by Gasteiger charge is -2.14. The van der Waals surface area contributed by atoms with Crippen molar-refractivity contribution in [1.29, 1.82) is 0 Å². The van der Waals surface area contributed by atoms with Crippen molar-refractivity contribution in [3.63, 3.8) is 0 Å². The van der Waals surface area contributed by atoms with Crippen LogP contribution in [0.3, 0.4) is 0 Å². The van der Waals surface area contributed by atoms with Crippen molar-refractivity contribution in [1.82, 2.24) is 0 Å². The fourth-order valence-electron chi connectivity index (χ4n) is 2.64. The summed E-state index contributed by atoms with van der Waals surface area (Å²) in [6.45, 7) is 1.95.